The SMILES string of the molecule is [CH]1CO[C@@H]2OCCC[C@H]12. The van der Waals surface area contributed by atoms with Gasteiger partial charge in [0.25, 0.3) is 0 Å². The van der Waals surface area contributed by atoms with Crippen molar-refractivity contribution < 1.29 is 9.47 Å². The van der Waals surface area contributed by atoms with Crippen molar-refractivity contribution in [3.05, 3.63) is 6.42 Å². The highest BCUT2D eigenvalue weighted by molar-refractivity contribution is 4.86. The topological polar surface area (TPSA) is 18.5 Å². The minimum Gasteiger partial charge on any atom is -0.352 e. The molecule has 2 aliphatic heterocycles. The highest BCUT2D eigenvalue weighted by Crippen LogP contribution is 2.28. The molecule has 9 heavy (non-hydrogen) atoms. The van der Waals surface area contributed by atoms with Crippen LogP contribution in [0.25, 0.3) is 0 Å². The fourth-order valence-corrected chi connectivity index (χ4v) is 1.45. The standard InChI is InChI=1S/C7H11O2/c1-2-6-3-5-9-7(6)8-4-1/h3,6-7H,1-2,4-5H2/t6-,7+/m1/s1. The molecule has 0 unspecified atom stereocenters. The summed E-state index contributed by atoms with van der Waals surface area (Å²) < 4.78 is 10.6. The van der Waals surface area contributed by atoms with Crippen LogP contribution >= 0.6 is 0 Å². The summed E-state index contributed by atoms with van der Waals surface area (Å²) >= 11 is 0. The van der Waals surface area contributed by atoms with Crippen LogP contribution in [-0.4, -0.2) is 19.5 Å². The molecule has 51 valence electrons. The van der Waals surface area contributed by atoms with E-state index < -0.39 is 0 Å². The van der Waals surface area contributed by atoms with Gasteiger partial charge < -0.3 is 9.47 Å². The van der Waals surface area contributed by atoms with E-state index in [0.29, 0.717) is 5.92 Å². The Kier molecular flexibility index (Phi) is 1.44. The highest BCUT2D eigenvalue weighted by atomic mass is 16.7. The molecule has 0 aromatic heterocycles. The van der Waals surface area contributed by atoms with E-state index >= 15 is 0 Å². The van der Waals surface area contributed by atoms with Crippen LogP contribution in [0.15, 0.2) is 0 Å². The van der Waals surface area contributed by atoms with Crippen LogP contribution in [0.2, 0.25) is 0 Å². The van der Waals surface area contributed by atoms with Crippen LogP contribution in [0.4, 0.5) is 0 Å². The number of fused-ring (bicyclic) bond motifs is 1. The van der Waals surface area contributed by atoms with E-state index in [2.05, 4.69) is 6.42 Å². The molecule has 0 aromatic carbocycles. The maximum absolute atomic E-state index is 5.35. The average Bonchev–Trinajstić information content (AvgIpc) is 2.33. The first-order valence-corrected chi connectivity index (χ1v) is 3.53. The zero-order valence-corrected chi connectivity index (χ0v) is 5.38. The van der Waals surface area contributed by atoms with Gasteiger partial charge in [0.2, 0.25) is 0 Å². The van der Waals surface area contributed by atoms with E-state index in [1.807, 2.05) is 0 Å². The second kappa shape index (κ2) is 2.27. The van der Waals surface area contributed by atoms with Crippen LogP contribution in [0.1, 0.15) is 12.8 Å². The van der Waals surface area contributed by atoms with E-state index in [1.54, 1.807) is 0 Å². The Morgan fingerprint density at radius 2 is 2.33 bits per heavy atom. The van der Waals surface area contributed by atoms with Gasteiger partial charge in [-0.1, -0.05) is 0 Å². The lowest BCUT2D eigenvalue weighted by Crippen LogP contribution is -2.25. The molecule has 0 aromatic rings. The van der Waals surface area contributed by atoms with Gasteiger partial charge in [-0.3, -0.25) is 0 Å². The van der Waals surface area contributed by atoms with Crippen molar-refractivity contribution in [3.8, 4) is 0 Å². The molecular formula is C7H11O2. The molecule has 1 radical (unpaired) electrons. The largest absolute Gasteiger partial charge is 0.352 e. The molecule has 2 aliphatic rings. The first-order chi connectivity index (χ1) is 4.47. The maximum Gasteiger partial charge on any atom is 0.160 e. The van der Waals surface area contributed by atoms with Gasteiger partial charge in [0.15, 0.2) is 6.29 Å². The summed E-state index contributed by atoms with van der Waals surface area (Å²) in [7, 11) is 0. The fraction of sp³-hybridized carbons (Fsp3) is 0.857. The lowest BCUT2D eigenvalue weighted by Gasteiger charge is -2.23. The number of hydrogen-bond donors (Lipinski definition) is 0. The molecule has 0 saturated carbocycles. The van der Waals surface area contributed by atoms with Gasteiger partial charge in [-0.05, 0) is 19.3 Å². The third-order valence-corrected chi connectivity index (χ3v) is 1.97. The van der Waals surface area contributed by atoms with Crippen molar-refractivity contribution in [2.45, 2.75) is 19.1 Å². The van der Waals surface area contributed by atoms with Gasteiger partial charge in [-0.25, -0.2) is 0 Å². The van der Waals surface area contributed by atoms with Crippen LogP contribution in [-0.2, 0) is 9.47 Å². The summed E-state index contributed by atoms with van der Waals surface area (Å²) in [5.74, 6) is 0.596. The van der Waals surface area contributed by atoms with E-state index in [-0.39, 0.29) is 6.29 Å². The zero-order chi connectivity index (χ0) is 6.10. The van der Waals surface area contributed by atoms with Gasteiger partial charge >= 0.3 is 0 Å². The predicted octanol–water partition coefficient (Wildman–Crippen LogP) is 0.974. The predicted molar refractivity (Wildman–Crippen MR) is 32.7 cm³/mol. The summed E-state index contributed by atoms with van der Waals surface area (Å²) in [6.07, 6.45) is 4.77. The zero-order valence-electron chi connectivity index (χ0n) is 5.38. The van der Waals surface area contributed by atoms with Crippen molar-refractivity contribution in [2.24, 2.45) is 5.92 Å². The van der Waals surface area contributed by atoms with Crippen LogP contribution in [0.3, 0.4) is 0 Å². The third-order valence-electron chi connectivity index (χ3n) is 1.97. The molecule has 2 nitrogen and oxygen atoms in total. The average molecular weight is 127 g/mol. The van der Waals surface area contributed by atoms with Crippen LogP contribution in [0.5, 0.6) is 0 Å². The molecule has 0 spiro atoms. The van der Waals surface area contributed by atoms with Crippen molar-refractivity contribution in [2.75, 3.05) is 13.2 Å². The smallest absolute Gasteiger partial charge is 0.160 e. The summed E-state index contributed by atoms with van der Waals surface area (Å²) in [5.41, 5.74) is 0. The summed E-state index contributed by atoms with van der Waals surface area (Å²) in [5, 5.41) is 0. The van der Waals surface area contributed by atoms with Crippen LogP contribution in [0, 0.1) is 12.3 Å². The van der Waals surface area contributed by atoms with Crippen LogP contribution < -0.4 is 0 Å². The lowest BCUT2D eigenvalue weighted by atomic mass is 10.00. The van der Waals surface area contributed by atoms with E-state index in [9.17, 15) is 0 Å². The van der Waals surface area contributed by atoms with E-state index in [1.165, 1.54) is 12.8 Å². The molecular weight excluding hydrogens is 116 g/mol. The van der Waals surface area contributed by atoms with Gasteiger partial charge in [0.05, 0.1) is 6.61 Å². The second-order valence-corrected chi connectivity index (χ2v) is 2.61. The van der Waals surface area contributed by atoms with Gasteiger partial charge in [-0.2, -0.15) is 0 Å². The fourth-order valence-electron chi connectivity index (χ4n) is 1.45. The Balaban J connectivity index is 1.97. The molecule has 2 fully saturated rings. The van der Waals surface area contributed by atoms with Crippen molar-refractivity contribution >= 4 is 0 Å². The molecule has 0 aliphatic carbocycles. The molecule has 0 N–H and O–H groups in total. The minimum absolute atomic E-state index is 0.110. The Labute approximate surface area is 55.1 Å². The summed E-state index contributed by atoms with van der Waals surface area (Å²) in [4.78, 5) is 0. The molecule has 2 saturated heterocycles. The van der Waals surface area contributed by atoms with E-state index in [0.717, 1.165) is 13.2 Å². The van der Waals surface area contributed by atoms with Crippen molar-refractivity contribution in [1.82, 2.24) is 0 Å². The first-order valence-electron chi connectivity index (χ1n) is 3.53. The summed E-state index contributed by atoms with van der Waals surface area (Å²) in [6.45, 7) is 1.67. The molecule has 2 heterocycles. The van der Waals surface area contributed by atoms with Crippen molar-refractivity contribution in [3.63, 3.8) is 0 Å². The van der Waals surface area contributed by atoms with Gasteiger partial charge in [0, 0.05) is 12.5 Å². The van der Waals surface area contributed by atoms with E-state index in [4.69, 9.17) is 9.47 Å². The number of ether oxygens (including phenoxy) is 2. The lowest BCUT2D eigenvalue weighted by molar-refractivity contribution is -0.150. The Morgan fingerprint density at radius 3 is 3.22 bits per heavy atom. The molecule has 0 amide bonds. The monoisotopic (exact) mass is 127 g/mol. The molecule has 0 bridgehead atoms. The molecule has 2 atom stereocenters. The van der Waals surface area contributed by atoms with Gasteiger partial charge in [-0.15, -0.1) is 0 Å². The van der Waals surface area contributed by atoms with Crippen molar-refractivity contribution in [1.29, 1.82) is 0 Å². The minimum atomic E-state index is 0.110. The third kappa shape index (κ3) is 0.970. The number of rotatable bonds is 0. The quantitative estimate of drug-likeness (QED) is 0.482. The summed E-state index contributed by atoms with van der Waals surface area (Å²) in [6, 6.07) is 0. The number of hydrogen-bond acceptors (Lipinski definition) is 2. The maximum atomic E-state index is 5.35. The normalized spacial score (nSPS) is 42.7. The highest BCUT2D eigenvalue weighted by Gasteiger charge is 2.31. The Bertz CT molecular complexity index is 91.1. The Morgan fingerprint density at radius 1 is 1.33 bits per heavy atom. The Hall–Kier alpha value is -0.0800. The molecule has 2 heteroatoms. The molecule has 2 rings (SSSR count). The van der Waals surface area contributed by atoms with Gasteiger partial charge in [0.1, 0.15) is 0 Å². The first kappa shape index (κ1) is 5.69. The second-order valence-electron chi connectivity index (χ2n) is 2.61.